The fourth-order valence-corrected chi connectivity index (χ4v) is 0.688. The highest BCUT2D eigenvalue weighted by Crippen LogP contribution is 2.11. The standard InChI is InChI=1S/C7H14NO2/c1-5(4-9)3-6(2)7(8)10/h6,9H,3-4H2,1-2H3,(H2,8,10)/t6-/m0/s1. The van der Waals surface area contributed by atoms with Gasteiger partial charge in [-0.05, 0) is 12.3 Å². The zero-order valence-corrected chi connectivity index (χ0v) is 6.42. The lowest BCUT2D eigenvalue weighted by Gasteiger charge is -2.10. The van der Waals surface area contributed by atoms with Crippen LogP contribution in [0.4, 0.5) is 0 Å². The number of amides is 1. The molecule has 0 spiro atoms. The van der Waals surface area contributed by atoms with Crippen LogP contribution in [-0.4, -0.2) is 17.6 Å². The number of primary amides is 1. The lowest BCUT2D eigenvalue weighted by atomic mass is 9.98. The zero-order chi connectivity index (χ0) is 8.15. The minimum atomic E-state index is -0.312. The maximum absolute atomic E-state index is 10.5. The Bertz CT molecular complexity index is 114. The summed E-state index contributed by atoms with van der Waals surface area (Å²) < 4.78 is 0. The van der Waals surface area contributed by atoms with Crippen LogP contribution in [0, 0.1) is 11.8 Å². The molecule has 0 rings (SSSR count). The lowest BCUT2D eigenvalue weighted by Crippen LogP contribution is -2.22. The van der Waals surface area contributed by atoms with Crippen molar-refractivity contribution in [3.8, 4) is 0 Å². The van der Waals surface area contributed by atoms with E-state index in [1.165, 1.54) is 0 Å². The molecule has 0 saturated heterocycles. The minimum absolute atomic E-state index is 0.0393. The van der Waals surface area contributed by atoms with Gasteiger partial charge in [0.15, 0.2) is 0 Å². The number of nitrogens with two attached hydrogens (primary N) is 1. The van der Waals surface area contributed by atoms with E-state index in [0.29, 0.717) is 6.42 Å². The smallest absolute Gasteiger partial charge is 0.220 e. The molecule has 0 aliphatic rings. The molecule has 0 aromatic heterocycles. The molecular weight excluding hydrogens is 130 g/mol. The normalized spacial score (nSPS) is 13.6. The number of hydrogen-bond donors (Lipinski definition) is 2. The van der Waals surface area contributed by atoms with Crippen molar-refractivity contribution in [2.45, 2.75) is 20.3 Å². The summed E-state index contributed by atoms with van der Waals surface area (Å²) in [7, 11) is 0. The molecule has 0 fully saturated rings. The van der Waals surface area contributed by atoms with Crippen LogP contribution >= 0.6 is 0 Å². The predicted molar refractivity (Wildman–Crippen MR) is 39.0 cm³/mol. The van der Waals surface area contributed by atoms with E-state index in [4.69, 9.17) is 10.8 Å². The molecule has 1 radical (unpaired) electrons. The molecule has 0 saturated carbocycles. The average Bonchev–Trinajstić information content (AvgIpc) is 1.87. The summed E-state index contributed by atoms with van der Waals surface area (Å²) in [6, 6.07) is 0. The highest BCUT2D eigenvalue weighted by atomic mass is 16.3. The van der Waals surface area contributed by atoms with Crippen LogP contribution in [-0.2, 0) is 4.79 Å². The maximum Gasteiger partial charge on any atom is 0.220 e. The van der Waals surface area contributed by atoms with E-state index in [1.807, 2.05) is 0 Å². The first-order chi connectivity index (χ1) is 4.57. The second-order valence-electron chi connectivity index (χ2n) is 2.62. The Hall–Kier alpha value is -0.570. The molecule has 59 valence electrons. The average molecular weight is 144 g/mol. The Morgan fingerprint density at radius 3 is 2.50 bits per heavy atom. The number of carbonyl (C=O) groups excluding carboxylic acids is 1. The van der Waals surface area contributed by atoms with Crippen molar-refractivity contribution < 1.29 is 9.90 Å². The number of aliphatic hydroxyl groups excluding tert-OH is 1. The van der Waals surface area contributed by atoms with Gasteiger partial charge >= 0.3 is 0 Å². The van der Waals surface area contributed by atoms with Crippen molar-refractivity contribution in [1.29, 1.82) is 0 Å². The summed E-state index contributed by atoms with van der Waals surface area (Å²) in [4.78, 5) is 10.5. The second kappa shape index (κ2) is 4.28. The van der Waals surface area contributed by atoms with Gasteiger partial charge in [0.05, 0.1) is 0 Å². The van der Waals surface area contributed by atoms with Gasteiger partial charge in [-0.3, -0.25) is 4.79 Å². The van der Waals surface area contributed by atoms with E-state index < -0.39 is 0 Å². The first-order valence-corrected chi connectivity index (χ1v) is 3.29. The summed E-state index contributed by atoms with van der Waals surface area (Å²) in [6.07, 6.45) is 0.589. The van der Waals surface area contributed by atoms with E-state index in [1.54, 1.807) is 13.8 Å². The van der Waals surface area contributed by atoms with Crippen LogP contribution in [0.3, 0.4) is 0 Å². The predicted octanol–water partition coefficient (Wildman–Crippen LogP) is 0.0846. The molecule has 10 heavy (non-hydrogen) atoms. The van der Waals surface area contributed by atoms with Crippen LogP contribution < -0.4 is 5.73 Å². The Balaban J connectivity index is 3.56. The van der Waals surface area contributed by atoms with Gasteiger partial charge in [0.1, 0.15) is 0 Å². The number of carbonyl (C=O) groups is 1. The summed E-state index contributed by atoms with van der Waals surface area (Å²) in [5, 5.41) is 8.58. The second-order valence-corrected chi connectivity index (χ2v) is 2.62. The topological polar surface area (TPSA) is 63.3 Å². The molecular formula is C7H14NO2. The van der Waals surface area contributed by atoms with Crippen LogP contribution in [0.25, 0.3) is 0 Å². The molecule has 3 heteroatoms. The van der Waals surface area contributed by atoms with E-state index >= 15 is 0 Å². The van der Waals surface area contributed by atoms with Gasteiger partial charge in [0.25, 0.3) is 0 Å². The van der Waals surface area contributed by atoms with Crippen molar-refractivity contribution in [3.05, 3.63) is 5.92 Å². The first kappa shape index (κ1) is 9.43. The Morgan fingerprint density at radius 1 is 1.70 bits per heavy atom. The molecule has 0 aromatic rings. The summed E-state index contributed by atoms with van der Waals surface area (Å²) in [5.41, 5.74) is 5.01. The minimum Gasteiger partial charge on any atom is -0.396 e. The molecule has 0 aromatic carbocycles. The Kier molecular flexibility index (Phi) is 4.03. The van der Waals surface area contributed by atoms with Crippen LogP contribution in [0.2, 0.25) is 0 Å². The van der Waals surface area contributed by atoms with Crippen LogP contribution in [0.1, 0.15) is 20.3 Å². The van der Waals surface area contributed by atoms with Gasteiger partial charge in [0, 0.05) is 12.5 Å². The molecule has 3 N–H and O–H groups in total. The third-order valence-electron chi connectivity index (χ3n) is 1.41. The Morgan fingerprint density at radius 2 is 2.20 bits per heavy atom. The Labute approximate surface area is 61.2 Å². The lowest BCUT2D eigenvalue weighted by molar-refractivity contribution is -0.121. The van der Waals surface area contributed by atoms with Crippen LogP contribution in [0.15, 0.2) is 0 Å². The number of aliphatic hydroxyl groups is 1. The van der Waals surface area contributed by atoms with Crippen molar-refractivity contribution in [2.75, 3.05) is 6.61 Å². The van der Waals surface area contributed by atoms with Gasteiger partial charge in [-0.2, -0.15) is 0 Å². The van der Waals surface area contributed by atoms with Crippen LogP contribution in [0.5, 0.6) is 0 Å². The number of rotatable bonds is 4. The molecule has 0 aliphatic carbocycles. The van der Waals surface area contributed by atoms with Gasteiger partial charge in [-0.1, -0.05) is 13.8 Å². The molecule has 0 aliphatic heterocycles. The van der Waals surface area contributed by atoms with Crippen molar-refractivity contribution in [2.24, 2.45) is 11.7 Å². The largest absolute Gasteiger partial charge is 0.396 e. The third-order valence-corrected chi connectivity index (χ3v) is 1.41. The quantitative estimate of drug-likeness (QED) is 0.587. The van der Waals surface area contributed by atoms with Crippen molar-refractivity contribution in [1.82, 2.24) is 0 Å². The highest BCUT2D eigenvalue weighted by Gasteiger charge is 2.12. The van der Waals surface area contributed by atoms with Gasteiger partial charge < -0.3 is 10.8 Å². The molecule has 0 heterocycles. The monoisotopic (exact) mass is 144 g/mol. The van der Waals surface area contributed by atoms with E-state index in [9.17, 15) is 4.79 Å². The molecule has 1 atom stereocenters. The highest BCUT2D eigenvalue weighted by molar-refractivity contribution is 5.76. The van der Waals surface area contributed by atoms with Crippen molar-refractivity contribution >= 4 is 5.91 Å². The fraction of sp³-hybridized carbons (Fsp3) is 0.714. The SMILES string of the molecule is C[C](CO)C[C@H](C)C(N)=O. The van der Waals surface area contributed by atoms with Gasteiger partial charge in [-0.15, -0.1) is 0 Å². The van der Waals surface area contributed by atoms with Gasteiger partial charge in [0.2, 0.25) is 5.91 Å². The van der Waals surface area contributed by atoms with Crippen molar-refractivity contribution in [3.63, 3.8) is 0 Å². The summed E-state index contributed by atoms with van der Waals surface area (Å²) in [6.45, 7) is 3.60. The van der Waals surface area contributed by atoms with E-state index in [0.717, 1.165) is 5.92 Å². The summed E-state index contributed by atoms with van der Waals surface area (Å²) >= 11 is 0. The molecule has 1 amide bonds. The molecule has 0 unspecified atom stereocenters. The molecule has 0 bridgehead atoms. The number of hydrogen-bond acceptors (Lipinski definition) is 2. The zero-order valence-electron chi connectivity index (χ0n) is 6.42. The summed E-state index contributed by atoms with van der Waals surface area (Å²) in [5.74, 6) is 0.422. The fourth-order valence-electron chi connectivity index (χ4n) is 0.688. The van der Waals surface area contributed by atoms with E-state index in [-0.39, 0.29) is 18.4 Å². The van der Waals surface area contributed by atoms with Gasteiger partial charge in [-0.25, -0.2) is 0 Å². The van der Waals surface area contributed by atoms with E-state index in [2.05, 4.69) is 0 Å². The first-order valence-electron chi connectivity index (χ1n) is 3.29. The third kappa shape index (κ3) is 3.45. The maximum atomic E-state index is 10.5. The molecule has 3 nitrogen and oxygen atoms in total.